The largest absolute Gasteiger partial charge is 0.289 e. The summed E-state index contributed by atoms with van der Waals surface area (Å²) in [7, 11) is 0. The maximum atomic E-state index is 13.1. The van der Waals surface area contributed by atoms with Crippen LogP contribution in [0.1, 0.15) is 31.8 Å². The van der Waals surface area contributed by atoms with Crippen LogP contribution in [0.25, 0.3) is 0 Å². The van der Waals surface area contributed by atoms with Crippen molar-refractivity contribution < 1.29 is 9.59 Å². The van der Waals surface area contributed by atoms with Gasteiger partial charge in [-0.1, -0.05) is 96.2 Å². The predicted octanol–water partition coefficient (Wildman–Crippen LogP) is 1.25. The van der Waals surface area contributed by atoms with Crippen LogP contribution >= 0.6 is 0 Å². The lowest BCUT2D eigenvalue weighted by atomic mass is 9.35. The number of fused-ring (bicyclic) bond motifs is 4. The van der Waals surface area contributed by atoms with Gasteiger partial charge in [-0.15, -0.1) is 0 Å². The first-order valence-electron chi connectivity index (χ1n) is 9.03. The third kappa shape index (κ3) is 1.90. The summed E-state index contributed by atoms with van der Waals surface area (Å²) in [6.07, 6.45) is 0. The summed E-state index contributed by atoms with van der Waals surface area (Å²) in [5.41, 5.74) is 7.07. The number of ketones is 2. The molecule has 0 atom stereocenters. The van der Waals surface area contributed by atoms with Gasteiger partial charge in [-0.05, 0) is 0 Å². The van der Waals surface area contributed by atoms with E-state index in [-0.39, 0.29) is 25.0 Å². The SMILES string of the molecule is CB1c2ccccc2C(=O)c2cc3c(cc21)C(=O)c1ccccc1B3C. The monoisotopic (exact) mass is 334 g/mol. The Morgan fingerprint density at radius 3 is 1.35 bits per heavy atom. The molecule has 2 aliphatic heterocycles. The quantitative estimate of drug-likeness (QED) is 0.580. The van der Waals surface area contributed by atoms with Crippen LogP contribution in [0.4, 0.5) is 0 Å². The molecule has 4 heteroatoms. The molecule has 0 aliphatic carbocycles. The van der Waals surface area contributed by atoms with E-state index >= 15 is 0 Å². The van der Waals surface area contributed by atoms with Crippen molar-refractivity contribution in [3.63, 3.8) is 0 Å². The molecule has 0 N–H and O–H groups in total. The number of hydrogen-bond donors (Lipinski definition) is 0. The van der Waals surface area contributed by atoms with E-state index in [1.165, 1.54) is 0 Å². The fraction of sp³-hybridized carbons (Fsp3) is 0.0909. The van der Waals surface area contributed by atoms with E-state index in [0.717, 1.165) is 44.1 Å². The van der Waals surface area contributed by atoms with E-state index in [0.29, 0.717) is 0 Å². The highest BCUT2D eigenvalue weighted by Crippen LogP contribution is 2.19. The van der Waals surface area contributed by atoms with Crippen LogP contribution < -0.4 is 21.9 Å². The third-order valence-corrected chi connectivity index (χ3v) is 5.99. The summed E-state index contributed by atoms with van der Waals surface area (Å²) in [6.45, 7) is 4.43. The maximum absolute atomic E-state index is 13.1. The van der Waals surface area contributed by atoms with Gasteiger partial charge in [0, 0.05) is 22.3 Å². The highest BCUT2D eigenvalue weighted by atomic mass is 16.1. The van der Waals surface area contributed by atoms with Gasteiger partial charge in [0.15, 0.2) is 11.6 Å². The molecule has 0 unspecified atom stereocenters. The van der Waals surface area contributed by atoms with Crippen molar-refractivity contribution in [1.82, 2.24) is 0 Å². The zero-order chi connectivity index (χ0) is 18.0. The van der Waals surface area contributed by atoms with E-state index in [4.69, 9.17) is 0 Å². The van der Waals surface area contributed by atoms with Crippen LogP contribution in [0.5, 0.6) is 0 Å². The molecule has 2 aliphatic rings. The molecule has 0 saturated heterocycles. The Balaban J connectivity index is 1.77. The van der Waals surface area contributed by atoms with Crippen molar-refractivity contribution in [2.45, 2.75) is 13.6 Å². The van der Waals surface area contributed by atoms with Gasteiger partial charge in [0.25, 0.3) is 0 Å². The second-order valence-electron chi connectivity index (χ2n) is 7.30. The van der Waals surface area contributed by atoms with Crippen LogP contribution in [0.15, 0.2) is 60.7 Å². The number of carbonyl (C=O) groups excluding carboxylic acids is 2. The molecule has 0 aromatic heterocycles. The fourth-order valence-electron chi connectivity index (χ4n) is 4.53. The van der Waals surface area contributed by atoms with Crippen LogP contribution in [0.3, 0.4) is 0 Å². The van der Waals surface area contributed by atoms with E-state index in [9.17, 15) is 9.59 Å². The molecular formula is C22H16B2O2. The van der Waals surface area contributed by atoms with Gasteiger partial charge in [-0.25, -0.2) is 0 Å². The molecule has 0 saturated carbocycles. The van der Waals surface area contributed by atoms with Crippen molar-refractivity contribution in [2.75, 3.05) is 0 Å². The Kier molecular flexibility index (Phi) is 3.14. The van der Waals surface area contributed by atoms with Gasteiger partial charge >= 0.3 is 0 Å². The summed E-state index contributed by atoms with van der Waals surface area (Å²) in [5, 5.41) is 0. The second-order valence-corrected chi connectivity index (χ2v) is 7.30. The predicted molar refractivity (Wildman–Crippen MR) is 108 cm³/mol. The molecule has 0 spiro atoms. The Morgan fingerprint density at radius 1 is 0.538 bits per heavy atom. The topological polar surface area (TPSA) is 34.1 Å². The van der Waals surface area contributed by atoms with Crippen molar-refractivity contribution in [1.29, 1.82) is 0 Å². The van der Waals surface area contributed by atoms with Gasteiger partial charge in [0.05, 0.1) is 0 Å². The van der Waals surface area contributed by atoms with Crippen molar-refractivity contribution in [3.05, 3.63) is 82.9 Å². The molecule has 0 fully saturated rings. The molecule has 5 rings (SSSR count). The van der Waals surface area contributed by atoms with Gasteiger partial charge in [-0.2, -0.15) is 0 Å². The van der Waals surface area contributed by atoms with E-state index < -0.39 is 0 Å². The Bertz CT molecular complexity index is 1030. The zero-order valence-corrected chi connectivity index (χ0v) is 14.7. The minimum Gasteiger partial charge on any atom is -0.289 e. The molecule has 122 valence electrons. The molecule has 3 aromatic rings. The maximum Gasteiger partial charge on any atom is 0.208 e. The second kappa shape index (κ2) is 5.31. The third-order valence-electron chi connectivity index (χ3n) is 5.99. The fourth-order valence-corrected chi connectivity index (χ4v) is 4.53. The van der Waals surface area contributed by atoms with Crippen molar-refractivity contribution >= 4 is 46.8 Å². The molecule has 26 heavy (non-hydrogen) atoms. The normalized spacial score (nSPS) is 14.5. The summed E-state index contributed by atoms with van der Waals surface area (Å²) in [6, 6.07) is 19.5. The number of hydrogen-bond acceptors (Lipinski definition) is 2. The first-order chi connectivity index (χ1) is 12.6. The number of rotatable bonds is 0. The smallest absolute Gasteiger partial charge is 0.208 e. The highest BCUT2D eigenvalue weighted by Gasteiger charge is 2.36. The summed E-state index contributed by atoms with van der Waals surface area (Å²) in [5.74, 6) is 0.130. The first-order valence-corrected chi connectivity index (χ1v) is 9.03. The van der Waals surface area contributed by atoms with Crippen LogP contribution in [0.2, 0.25) is 13.6 Å². The lowest BCUT2D eigenvalue weighted by molar-refractivity contribution is 0.102. The average molecular weight is 334 g/mol. The van der Waals surface area contributed by atoms with Crippen LogP contribution in [0, 0.1) is 0 Å². The lowest BCUT2D eigenvalue weighted by Crippen LogP contribution is -2.54. The molecule has 2 heterocycles. The molecular weight excluding hydrogens is 318 g/mol. The van der Waals surface area contributed by atoms with Crippen LogP contribution in [-0.2, 0) is 0 Å². The Morgan fingerprint density at radius 2 is 0.923 bits per heavy atom. The first kappa shape index (κ1) is 15.4. The molecule has 2 nitrogen and oxygen atoms in total. The molecule has 0 bridgehead atoms. The van der Waals surface area contributed by atoms with Gasteiger partial charge in [-0.3, -0.25) is 9.59 Å². The number of benzene rings is 3. The summed E-state index contributed by atoms with van der Waals surface area (Å²) < 4.78 is 0. The minimum absolute atomic E-state index is 0.0648. The van der Waals surface area contributed by atoms with E-state index in [2.05, 4.69) is 13.6 Å². The summed E-state index contributed by atoms with van der Waals surface area (Å²) >= 11 is 0. The number of carbonyl (C=O) groups is 2. The van der Waals surface area contributed by atoms with Gasteiger partial charge in [0.1, 0.15) is 0 Å². The lowest BCUT2D eigenvalue weighted by Gasteiger charge is -2.28. The van der Waals surface area contributed by atoms with E-state index in [1.54, 1.807) is 0 Å². The zero-order valence-electron chi connectivity index (χ0n) is 14.7. The van der Waals surface area contributed by atoms with Gasteiger partial charge < -0.3 is 0 Å². The van der Waals surface area contributed by atoms with Gasteiger partial charge in [0.2, 0.25) is 13.4 Å². The molecule has 0 amide bonds. The minimum atomic E-state index is 0.0648. The summed E-state index contributed by atoms with van der Waals surface area (Å²) in [4.78, 5) is 26.2. The van der Waals surface area contributed by atoms with Crippen LogP contribution in [-0.4, -0.2) is 25.0 Å². The Hall–Kier alpha value is -2.87. The average Bonchev–Trinajstić information content (AvgIpc) is 2.69. The molecule has 0 radical (unpaired) electrons. The van der Waals surface area contributed by atoms with Crippen molar-refractivity contribution in [3.8, 4) is 0 Å². The van der Waals surface area contributed by atoms with Crippen molar-refractivity contribution in [2.24, 2.45) is 0 Å². The highest BCUT2D eigenvalue weighted by molar-refractivity contribution is 6.89. The van der Waals surface area contributed by atoms with E-state index in [1.807, 2.05) is 60.7 Å². The standard InChI is InChI=1S/C22H16B2O2/c1-23-17-9-5-3-7-13(17)21(25)15-12-20-16(11-19(15)23)22(26)14-8-4-6-10-18(14)24(20)2/h3-12H,1-2H3. The molecule has 3 aromatic carbocycles. The Labute approximate surface area is 153 Å².